The summed E-state index contributed by atoms with van der Waals surface area (Å²) < 4.78 is 42.7. The fourth-order valence-electron chi connectivity index (χ4n) is 7.29. The lowest BCUT2D eigenvalue weighted by Crippen LogP contribution is -2.25. The number of nitrogens with zero attached hydrogens (tertiary/aromatic N) is 5. The van der Waals surface area contributed by atoms with Gasteiger partial charge in [0.05, 0.1) is 65.3 Å². The molecule has 13 nitrogen and oxygen atoms in total. The van der Waals surface area contributed by atoms with Crippen LogP contribution in [0.3, 0.4) is 0 Å². The van der Waals surface area contributed by atoms with Gasteiger partial charge in [0.2, 0.25) is 0 Å². The lowest BCUT2D eigenvalue weighted by Gasteiger charge is -2.27. The molecule has 2 aromatic heterocycles. The first kappa shape index (κ1) is 44.7. The fraction of sp³-hybridized carbons (Fsp3) is 0.362. The average Bonchev–Trinajstić information content (AvgIpc) is 3.62. The minimum atomic E-state index is 0.238. The summed E-state index contributed by atoms with van der Waals surface area (Å²) in [6.07, 6.45) is 0. The highest BCUT2D eigenvalue weighted by atomic mass is 32.2. The molecule has 14 heteroatoms. The zero-order chi connectivity index (χ0) is 43.8. The van der Waals surface area contributed by atoms with E-state index in [-0.39, 0.29) is 12.4 Å². The van der Waals surface area contributed by atoms with E-state index in [0.717, 1.165) is 54.6 Å². The van der Waals surface area contributed by atoms with Crippen molar-refractivity contribution in [3.63, 3.8) is 0 Å². The second-order valence-corrected chi connectivity index (χ2v) is 15.8. The summed E-state index contributed by atoms with van der Waals surface area (Å²) in [4.78, 5) is 16.9. The van der Waals surface area contributed by atoms with Crippen LogP contribution >= 0.6 is 11.8 Å². The van der Waals surface area contributed by atoms with Crippen LogP contribution in [0.5, 0.6) is 40.2 Å². The number of aromatic hydroxyl groups is 1. The van der Waals surface area contributed by atoms with Crippen LogP contribution < -0.4 is 33.3 Å². The number of ether oxygens (including phenoxy) is 7. The molecule has 0 amide bonds. The average molecular weight is 852 g/mol. The standard InChI is InChI=1S/C47H57N5O8S/c1-12-60-28-43-49-44-45(52(43)27-33-15-18-37(56-8)22-41(33)59-11)46(61-42-23-38(53)34(19-29(42)2)24-50(4)5)30(3)48-47(44)51(25-31-13-16-35(54-6)20-39(31)57-9)26-32-14-17-36(55-7)21-40(32)58-10/h13-23,53H,12,24-28H2,1-11H3. The van der Waals surface area contributed by atoms with E-state index in [1.54, 1.807) is 54.4 Å². The van der Waals surface area contributed by atoms with Crippen molar-refractivity contribution in [3.05, 3.63) is 106 Å². The van der Waals surface area contributed by atoms with Crippen LogP contribution in [0.1, 0.15) is 46.3 Å². The molecule has 0 aliphatic rings. The van der Waals surface area contributed by atoms with Gasteiger partial charge >= 0.3 is 0 Å². The molecule has 4 aromatic carbocycles. The van der Waals surface area contributed by atoms with Gasteiger partial charge in [0.1, 0.15) is 58.2 Å². The summed E-state index contributed by atoms with van der Waals surface area (Å²) in [6.45, 7) is 8.64. The summed E-state index contributed by atoms with van der Waals surface area (Å²) in [7, 11) is 13.9. The van der Waals surface area contributed by atoms with Gasteiger partial charge in [-0.2, -0.15) is 0 Å². The number of rotatable bonds is 20. The van der Waals surface area contributed by atoms with Crippen molar-refractivity contribution in [1.29, 1.82) is 0 Å². The molecule has 0 aliphatic carbocycles. The van der Waals surface area contributed by atoms with E-state index < -0.39 is 0 Å². The van der Waals surface area contributed by atoms with Gasteiger partial charge in [-0.1, -0.05) is 11.8 Å². The SMILES string of the molecule is CCOCc1nc2c(N(Cc3ccc(OC)cc3OC)Cc3ccc(OC)cc3OC)nc(C)c(Sc3cc(O)c(CN(C)C)cc3C)c2n1Cc1ccc(OC)cc1OC. The Morgan fingerprint density at radius 2 is 1.20 bits per heavy atom. The van der Waals surface area contributed by atoms with E-state index in [2.05, 4.69) is 22.5 Å². The summed E-state index contributed by atoms with van der Waals surface area (Å²) in [5.74, 6) is 5.71. The van der Waals surface area contributed by atoms with Gasteiger partial charge in [0.15, 0.2) is 5.82 Å². The largest absolute Gasteiger partial charge is 0.508 e. The van der Waals surface area contributed by atoms with Crippen LogP contribution in [-0.4, -0.2) is 87.9 Å². The van der Waals surface area contributed by atoms with Crippen molar-refractivity contribution < 1.29 is 38.3 Å². The van der Waals surface area contributed by atoms with Gasteiger partial charge in [-0.25, -0.2) is 9.97 Å². The van der Waals surface area contributed by atoms with E-state index in [1.165, 1.54) is 0 Å². The quantitative estimate of drug-likeness (QED) is 0.0788. The Morgan fingerprint density at radius 1 is 0.656 bits per heavy atom. The van der Waals surface area contributed by atoms with Crippen molar-refractivity contribution in [1.82, 2.24) is 19.4 Å². The summed E-state index contributed by atoms with van der Waals surface area (Å²) in [6, 6.07) is 21.4. The fourth-order valence-corrected chi connectivity index (χ4v) is 8.40. The van der Waals surface area contributed by atoms with Gasteiger partial charge in [0, 0.05) is 71.6 Å². The number of phenolic OH excluding ortho intramolecular Hbond substituents is 1. The maximum atomic E-state index is 11.3. The third-order valence-electron chi connectivity index (χ3n) is 10.4. The molecular weight excluding hydrogens is 795 g/mol. The Kier molecular flexibility index (Phi) is 14.8. The van der Waals surface area contributed by atoms with E-state index in [1.807, 2.05) is 93.5 Å². The van der Waals surface area contributed by atoms with Crippen molar-refractivity contribution in [2.75, 3.05) is 68.3 Å². The minimum absolute atomic E-state index is 0.238. The first-order valence-electron chi connectivity index (χ1n) is 20.0. The molecular formula is C47H57N5O8S. The van der Waals surface area contributed by atoms with Gasteiger partial charge in [-0.05, 0) is 89.0 Å². The minimum Gasteiger partial charge on any atom is -0.508 e. The summed E-state index contributed by atoms with van der Waals surface area (Å²) in [5, 5.41) is 11.3. The van der Waals surface area contributed by atoms with Crippen LogP contribution in [-0.2, 0) is 37.5 Å². The molecule has 0 fully saturated rings. The number of hydrogen-bond donors (Lipinski definition) is 1. The third-order valence-corrected chi connectivity index (χ3v) is 11.8. The molecule has 0 saturated heterocycles. The lowest BCUT2D eigenvalue weighted by molar-refractivity contribution is 0.126. The molecule has 0 radical (unpaired) electrons. The van der Waals surface area contributed by atoms with Crippen molar-refractivity contribution in [2.24, 2.45) is 0 Å². The Balaban J connectivity index is 1.64. The first-order valence-corrected chi connectivity index (χ1v) is 20.8. The molecule has 6 aromatic rings. The zero-order valence-corrected chi connectivity index (χ0v) is 37.9. The smallest absolute Gasteiger partial charge is 0.157 e. The third kappa shape index (κ3) is 10.0. The molecule has 2 heterocycles. The number of methoxy groups -OCH3 is 6. The van der Waals surface area contributed by atoms with Gasteiger partial charge < -0.3 is 52.6 Å². The van der Waals surface area contributed by atoms with E-state index in [0.29, 0.717) is 78.6 Å². The Hall–Kier alpha value is -5.83. The van der Waals surface area contributed by atoms with Gasteiger partial charge in [-0.3, -0.25) is 0 Å². The molecule has 0 unspecified atom stereocenters. The van der Waals surface area contributed by atoms with Crippen LogP contribution in [0.25, 0.3) is 11.0 Å². The summed E-state index contributed by atoms with van der Waals surface area (Å²) >= 11 is 1.56. The van der Waals surface area contributed by atoms with Gasteiger partial charge in [-0.15, -0.1) is 0 Å². The lowest BCUT2D eigenvalue weighted by atomic mass is 10.1. The molecule has 61 heavy (non-hydrogen) atoms. The van der Waals surface area contributed by atoms with Crippen molar-refractivity contribution >= 4 is 28.6 Å². The normalized spacial score (nSPS) is 11.3. The number of hydrogen-bond acceptors (Lipinski definition) is 13. The number of anilines is 1. The van der Waals surface area contributed by atoms with E-state index in [4.69, 9.17) is 43.1 Å². The highest BCUT2D eigenvalue weighted by Crippen LogP contribution is 2.44. The number of fused-ring (bicyclic) bond motifs is 1. The Morgan fingerprint density at radius 3 is 1.70 bits per heavy atom. The number of aryl methyl sites for hydroxylation is 2. The monoisotopic (exact) mass is 851 g/mol. The molecule has 0 bridgehead atoms. The highest BCUT2D eigenvalue weighted by molar-refractivity contribution is 7.99. The Bertz CT molecular complexity index is 2410. The van der Waals surface area contributed by atoms with Crippen molar-refractivity contribution in [3.8, 4) is 40.2 Å². The van der Waals surface area contributed by atoms with E-state index in [9.17, 15) is 5.11 Å². The number of imidazole rings is 1. The molecule has 0 spiro atoms. The number of phenols is 1. The zero-order valence-electron chi connectivity index (χ0n) is 37.0. The molecule has 0 saturated carbocycles. The highest BCUT2D eigenvalue weighted by Gasteiger charge is 2.27. The topological polar surface area (TPSA) is 122 Å². The second-order valence-electron chi connectivity index (χ2n) is 14.8. The predicted octanol–water partition coefficient (Wildman–Crippen LogP) is 8.81. The van der Waals surface area contributed by atoms with Crippen LogP contribution in [0.4, 0.5) is 5.82 Å². The maximum absolute atomic E-state index is 11.3. The van der Waals surface area contributed by atoms with E-state index >= 15 is 0 Å². The Labute approximate surface area is 363 Å². The maximum Gasteiger partial charge on any atom is 0.157 e. The van der Waals surface area contributed by atoms with Crippen LogP contribution in [0.2, 0.25) is 0 Å². The van der Waals surface area contributed by atoms with Crippen LogP contribution in [0.15, 0.2) is 76.5 Å². The number of aromatic nitrogens is 3. The summed E-state index contributed by atoms with van der Waals surface area (Å²) in [5.41, 5.74) is 6.99. The molecule has 0 atom stereocenters. The van der Waals surface area contributed by atoms with Crippen molar-refractivity contribution in [2.45, 2.75) is 63.3 Å². The van der Waals surface area contributed by atoms with Gasteiger partial charge in [0.25, 0.3) is 0 Å². The molecule has 0 aliphatic heterocycles. The number of pyridine rings is 1. The van der Waals surface area contributed by atoms with Crippen LogP contribution in [0, 0.1) is 13.8 Å². The first-order chi connectivity index (χ1) is 29.4. The molecule has 324 valence electrons. The number of benzene rings is 4. The second kappa shape index (κ2) is 20.2. The molecule has 1 N–H and O–H groups in total. The molecule has 6 rings (SSSR count). The predicted molar refractivity (Wildman–Crippen MR) is 240 cm³/mol.